The average molecular weight is 733 g/mol. The van der Waals surface area contributed by atoms with Gasteiger partial charge < -0.3 is 45.7 Å². The summed E-state index contributed by atoms with van der Waals surface area (Å²) in [4.78, 5) is 79.0. The van der Waals surface area contributed by atoms with Gasteiger partial charge in [-0.1, -0.05) is 58.0 Å². The second-order valence-corrected chi connectivity index (χ2v) is 13.5. The van der Waals surface area contributed by atoms with E-state index in [0.717, 1.165) is 5.56 Å². The molecule has 5 N–H and O–H groups in total. The highest BCUT2D eigenvalue weighted by atomic mass is 16.7. The first-order valence-electron chi connectivity index (χ1n) is 18.4. The summed E-state index contributed by atoms with van der Waals surface area (Å²) < 4.78 is 16.8. The number of hydrogen-bond donors (Lipinski definition) is 5. The maximum atomic E-state index is 14.0. The Labute approximate surface area is 308 Å². The van der Waals surface area contributed by atoms with Crippen LogP contribution in [-0.2, 0) is 44.8 Å². The number of rotatable bonds is 22. The number of carbonyl (C=O) groups excluding carboxylic acids is 6. The standard InChI is InChI=1S/C37H60N6O9/c1-8-50-36(51-9-2)32(25(5)6)42-34(47)29-19-15-21-43(29)35(48)31(24(3)4)41-33(46)28(40-30(45)22-39-26(7)44)18-13-14-20-38-37(49)52-23-27-16-11-10-12-17-27/h10-12,16-17,24-25,28-29,31-32,36H,8-9,13-15,18-23H2,1-7H3,(H,38,49)(H,39,44)(H,40,45)(H,41,46)(H,42,47)/t28-,29-,31-,32-/m0/s1. The molecule has 0 radical (unpaired) electrons. The molecule has 0 bridgehead atoms. The van der Waals surface area contributed by atoms with Crippen molar-refractivity contribution in [3.05, 3.63) is 35.9 Å². The molecule has 0 unspecified atom stereocenters. The van der Waals surface area contributed by atoms with Crippen LogP contribution in [0.2, 0.25) is 0 Å². The molecule has 15 heteroatoms. The quantitative estimate of drug-likeness (QED) is 0.0880. The molecule has 1 aromatic rings. The molecule has 0 spiro atoms. The Balaban J connectivity index is 2.08. The minimum atomic E-state index is -1.03. The van der Waals surface area contributed by atoms with E-state index in [1.165, 1.54) is 11.8 Å². The van der Waals surface area contributed by atoms with Gasteiger partial charge in [-0.2, -0.15) is 0 Å². The molecule has 1 saturated heterocycles. The Kier molecular flexibility index (Phi) is 19.7. The van der Waals surface area contributed by atoms with E-state index in [9.17, 15) is 28.8 Å². The summed E-state index contributed by atoms with van der Waals surface area (Å²) in [5.74, 6) is -2.61. The molecule has 1 heterocycles. The first-order valence-corrected chi connectivity index (χ1v) is 18.4. The van der Waals surface area contributed by atoms with Gasteiger partial charge in [0.25, 0.3) is 0 Å². The third-order valence-corrected chi connectivity index (χ3v) is 8.60. The van der Waals surface area contributed by atoms with Crippen molar-refractivity contribution in [2.45, 2.75) is 118 Å². The third-order valence-electron chi connectivity index (χ3n) is 8.60. The topological polar surface area (TPSA) is 193 Å². The van der Waals surface area contributed by atoms with Crippen molar-refractivity contribution in [3.8, 4) is 0 Å². The summed E-state index contributed by atoms with van der Waals surface area (Å²) in [6.07, 6.45) is 0.979. The van der Waals surface area contributed by atoms with Gasteiger partial charge in [-0.3, -0.25) is 24.0 Å². The second kappa shape index (κ2) is 23.3. The number of likely N-dealkylation sites (tertiary alicyclic amines) is 1. The maximum Gasteiger partial charge on any atom is 0.407 e. The van der Waals surface area contributed by atoms with E-state index >= 15 is 0 Å². The minimum Gasteiger partial charge on any atom is -0.445 e. The van der Waals surface area contributed by atoms with Crippen molar-refractivity contribution in [2.75, 3.05) is 32.8 Å². The zero-order valence-corrected chi connectivity index (χ0v) is 31.8. The summed E-state index contributed by atoms with van der Waals surface area (Å²) in [5, 5.41) is 13.6. The normalized spacial score (nSPS) is 15.9. The average Bonchev–Trinajstić information content (AvgIpc) is 3.60. The van der Waals surface area contributed by atoms with Gasteiger partial charge in [0.1, 0.15) is 24.7 Å². The number of nitrogens with zero attached hydrogens (tertiary/aromatic N) is 1. The summed E-state index contributed by atoms with van der Waals surface area (Å²) in [6, 6.07) is 6.09. The largest absolute Gasteiger partial charge is 0.445 e. The highest BCUT2D eigenvalue weighted by molar-refractivity contribution is 5.95. The first-order chi connectivity index (χ1) is 24.8. The van der Waals surface area contributed by atoms with Gasteiger partial charge in [-0.25, -0.2) is 4.79 Å². The molecule has 52 heavy (non-hydrogen) atoms. The number of alkyl carbamates (subject to hydrolysis) is 1. The Morgan fingerprint density at radius 3 is 2.13 bits per heavy atom. The van der Waals surface area contributed by atoms with E-state index in [4.69, 9.17) is 14.2 Å². The monoisotopic (exact) mass is 732 g/mol. The first kappa shape index (κ1) is 43.9. The van der Waals surface area contributed by atoms with Gasteiger partial charge >= 0.3 is 6.09 Å². The fourth-order valence-electron chi connectivity index (χ4n) is 5.80. The Bertz CT molecular complexity index is 1290. The van der Waals surface area contributed by atoms with Crippen molar-refractivity contribution >= 4 is 35.6 Å². The number of amides is 6. The van der Waals surface area contributed by atoms with Gasteiger partial charge in [0.2, 0.25) is 29.5 Å². The fraction of sp³-hybridized carbons (Fsp3) is 0.676. The molecule has 292 valence electrons. The second-order valence-electron chi connectivity index (χ2n) is 13.5. The molecule has 0 saturated carbocycles. The number of benzene rings is 1. The number of ether oxygens (including phenoxy) is 3. The number of hydrogen-bond acceptors (Lipinski definition) is 9. The van der Waals surface area contributed by atoms with E-state index in [1.54, 1.807) is 13.8 Å². The van der Waals surface area contributed by atoms with E-state index in [0.29, 0.717) is 45.4 Å². The zero-order chi connectivity index (χ0) is 38.6. The van der Waals surface area contributed by atoms with Crippen molar-refractivity contribution in [1.29, 1.82) is 0 Å². The number of nitrogens with one attached hydrogen (secondary N) is 5. The van der Waals surface area contributed by atoms with Crippen LogP contribution in [0.4, 0.5) is 4.79 Å². The van der Waals surface area contributed by atoms with Crippen LogP contribution in [0.25, 0.3) is 0 Å². The van der Waals surface area contributed by atoms with Crippen molar-refractivity contribution in [3.63, 3.8) is 0 Å². The van der Waals surface area contributed by atoms with Crippen LogP contribution in [0.15, 0.2) is 30.3 Å². The van der Waals surface area contributed by atoms with Crippen molar-refractivity contribution < 1.29 is 43.0 Å². The molecule has 1 aromatic carbocycles. The summed E-state index contributed by atoms with van der Waals surface area (Å²) in [6.45, 7) is 13.7. The summed E-state index contributed by atoms with van der Waals surface area (Å²) in [7, 11) is 0. The molecule has 1 aliphatic heterocycles. The van der Waals surface area contributed by atoms with Crippen molar-refractivity contribution in [2.24, 2.45) is 11.8 Å². The lowest BCUT2D eigenvalue weighted by atomic mass is 10.00. The molecular formula is C37H60N6O9. The molecule has 15 nitrogen and oxygen atoms in total. The van der Waals surface area contributed by atoms with Gasteiger partial charge in [-0.15, -0.1) is 0 Å². The lowest BCUT2D eigenvalue weighted by Crippen LogP contribution is -2.59. The van der Waals surface area contributed by atoms with Gasteiger partial charge in [0.15, 0.2) is 6.29 Å². The van der Waals surface area contributed by atoms with Crippen LogP contribution in [0.1, 0.15) is 86.1 Å². The van der Waals surface area contributed by atoms with Crippen LogP contribution < -0.4 is 26.6 Å². The fourth-order valence-corrected chi connectivity index (χ4v) is 5.80. The molecule has 0 aromatic heterocycles. The lowest BCUT2D eigenvalue weighted by Gasteiger charge is -2.34. The number of carbonyl (C=O) groups is 6. The predicted octanol–water partition coefficient (Wildman–Crippen LogP) is 2.38. The molecular weight excluding hydrogens is 672 g/mol. The SMILES string of the molecule is CCOC(OCC)[C@@H](NC(=O)[C@@H]1CCCN1C(=O)[C@@H](NC(=O)[C@H](CCCCNC(=O)OCc1ccccc1)NC(=O)CNC(C)=O)C(C)C)C(C)C. The molecule has 1 fully saturated rings. The smallest absolute Gasteiger partial charge is 0.407 e. The highest BCUT2D eigenvalue weighted by Crippen LogP contribution is 2.22. The number of unbranched alkanes of at least 4 members (excludes halogenated alkanes) is 1. The molecule has 2 rings (SSSR count). The van der Waals surface area contributed by atoms with E-state index in [-0.39, 0.29) is 43.9 Å². The Hall–Kier alpha value is -4.24. The lowest BCUT2D eigenvalue weighted by molar-refractivity contribution is -0.166. The van der Waals surface area contributed by atoms with Gasteiger partial charge in [0, 0.05) is 33.2 Å². The Morgan fingerprint density at radius 2 is 1.54 bits per heavy atom. The Morgan fingerprint density at radius 1 is 0.865 bits per heavy atom. The highest BCUT2D eigenvalue weighted by Gasteiger charge is 2.41. The third kappa shape index (κ3) is 15.2. The van der Waals surface area contributed by atoms with Crippen LogP contribution in [-0.4, -0.2) is 104 Å². The van der Waals surface area contributed by atoms with Crippen molar-refractivity contribution in [1.82, 2.24) is 31.5 Å². The van der Waals surface area contributed by atoms with E-state index in [1.807, 2.05) is 58.0 Å². The zero-order valence-electron chi connectivity index (χ0n) is 31.8. The van der Waals surface area contributed by atoms with Gasteiger partial charge in [-0.05, 0) is 63.4 Å². The van der Waals surface area contributed by atoms with Crippen LogP contribution in [0, 0.1) is 11.8 Å². The molecule has 0 aliphatic carbocycles. The molecule has 4 atom stereocenters. The maximum absolute atomic E-state index is 14.0. The molecule has 1 aliphatic rings. The van der Waals surface area contributed by atoms with Crippen LogP contribution >= 0.6 is 0 Å². The van der Waals surface area contributed by atoms with E-state index < -0.39 is 60.2 Å². The molecule has 6 amide bonds. The summed E-state index contributed by atoms with van der Waals surface area (Å²) in [5.41, 5.74) is 0.858. The van der Waals surface area contributed by atoms with Gasteiger partial charge in [0.05, 0.1) is 12.6 Å². The van der Waals surface area contributed by atoms with Crippen LogP contribution in [0.5, 0.6) is 0 Å². The van der Waals surface area contributed by atoms with E-state index in [2.05, 4.69) is 26.6 Å². The van der Waals surface area contributed by atoms with Crippen LogP contribution in [0.3, 0.4) is 0 Å². The minimum absolute atomic E-state index is 0.0117. The predicted molar refractivity (Wildman–Crippen MR) is 194 cm³/mol. The summed E-state index contributed by atoms with van der Waals surface area (Å²) >= 11 is 0.